The molecule has 0 radical (unpaired) electrons. The second kappa shape index (κ2) is 7.43. The quantitative estimate of drug-likeness (QED) is 0.395. The topological polar surface area (TPSA) is 145 Å². The highest BCUT2D eigenvalue weighted by Crippen LogP contribution is 2.26. The molecule has 4 amide bonds. The Bertz CT molecular complexity index is 928. The smallest absolute Gasteiger partial charge is 0.270 e. The molecule has 3 rings (SSSR count). The fraction of sp³-hybridized carbons (Fsp3) is 0.353. The monoisotopic (exact) mass is 385 g/mol. The molecule has 11 heteroatoms. The molecule has 2 heterocycles. The lowest BCUT2D eigenvalue weighted by atomic mass is 10.1. The fourth-order valence-corrected chi connectivity index (χ4v) is 3.16. The Hall–Kier alpha value is -3.81. The van der Waals surface area contributed by atoms with Crippen LogP contribution < -0.4 is 0 Å². The molecule has 0 spiro atoms. The van der Waals surface area contributed by atoms with E-state index in [-0.39, 0.29) is 55.3 Å². The van der Waals surface area contributed by atoms with E-state index in [0.29, 0.717) is 0 Å². The van der Waals surface area contributed by atoms with Gasteiger partial charge in [0.1, 0.15) is 13.0 Å². The average molecular weight is 385 g/mol. The van der Waals surface area contributed by atoms with Gasteiger partial charge in [0.15, 0.2) is 0 Å². The number of benzene rings is 1. The van der Waals surface area contributed by atoms with Crippen molar-refractivity contribution in [2.75, 3.05) is 32.7 Å². The number of amides is 4. The van der Waals surface area contributed by atoms with Crippen molar-refractivity contribution in [2.45, 2.75) is 6.42 Å². The van der Waals surface area contributed by atoms with E-state index in [0.717, 1.165) is 17.0 Å². The van der Waals surface area contributed by atoms with E-state index in [1.807, 2.05) is 0 Å². The van der Waals surface area contributed by atoms with Gasteiger partial charge >= 0.3 is 0 Å². The molecule has 0 atom stereocenters. The normalized spacial score (nSPS) is 16.0. The Morgan fingerprint density at radius 1 is 1.04 bits per heavy atom. The zero-order valence-electron chi connectivity index (χ0n) is 14.7. The average Bonchev–Trinajstić information content (AvgIpc) is 2.92. The molecule has 0 saturated carbocycles. The van der Waals surface area contributed by atoms with Gasteiger partial charge in [-0.2, -0.15) is 5.26 Å². The van der Waals surface area contributed by atoms with Crippen LogP contribution in [-0.4, -0.2) is 76.0 Å². The molecule has 144 valence electrons. The summed E-state index contributed by atoms with van der Waals surface area (Å²) in [6.45, 7) is 0.503. The molecule has 0 aliphatic carbocycles. The van der Waals surface area contributed by atoms with Crippen molar-refractivity contribution in [2.24, 2.45) is 0 Å². The highest BCUT2D eigenvalue weighted by Gasteiger charge is 2.38. The summed E-state index contributed by atoms with van der Waals surface area (Å²) in [5.74, 6) is -2.20. The number of fused-ring (bicyclic) bond motifs is 1. The van der Waals surface area contributed by atoms with E-state index < -0.39 is 29.2 Å². The van der Waals surface area contributed by atoms with Crippen molar-refractivity contribution in [1.82, 2.24) is 14.7 Å². The minimum absolute atomic E-state index is 0.0234. The van der Waals surface area contributed by atoms with Gasteiger partial charge in [-0.05, 0) is 6.07 Å². The van der Waals surface area contributed by atoms with E-state index in [1.165, 1.54) is 15.9 Å². The summed E-state index contributed by atoms with van der Waals surface area (Å²) in [5, 5.41) is 19.4. The highest BCUT2D eigenvalue weighted by atomic mass is 16.6. The van der Waals surface area contributed by atoms with Crippen LogP contribution in [0.5, 0.6) is 0 Å². The predicted octanol–water partition coefficient (Wildman–Crippen LogP) is -0.225. The van der Waals surface area contributed by atoms with Crippen molar-refractivity contribution in [1.29, 1.82) is 5.26 Å². The number of nitriles is 1. The van der Waals surface area contributed by atoms with Gasteiger partial charge in [0, 0.05) is 38.3 Å². The zero-order valence-corrected chi connectivity index (χ0v) is 14.7. The molecular weight excluding hydrogens is 370 g/mol. The van der Waals surface area contributed by atoms with Gasteiger partial charge < -0.3 is 9.80 Å². The van der Waals surface area contributed by atoms with Crippen molar-refractivity contribution < 1.29 is 24.1 Å². The first-order valence-electron chi connectivity index (χ1n) is 8.40. The standard InChI is InChI=1S/C17H15N5O6/c18-4-3-14(23)19-5-7-20(8-6-19)15(24)10-21-16(25)12-2-1-11(22(27)28)9-13(12)17(21)26/h1-2,9H,3,5-8,10H2. The maximum absolute atomic E-state index is 12.5. The maximum Gasteiger partial charge on any atom is 0.270 e. The van der Waals surface area contributed by atoms with Gasteiger partial charge in [-0.1, -0.05) is 0 Å². The Morgan fingerprint density at radius 3 is 2.18 bits per heavy atom. The Balaban J connectivity index is 1.65. The molecule has 11 nitrogen and oxygen atoms in total. The van der Waals surface area contributed by atoms with Crippen LogP contribution in [0.1, 0.15) is 27.1 Å². The second-order valence-corrected chi connectivity index (χ2v) is 6.28. The number of hydrogen-bond donors (Lipinski definition) is 0. The summed E-state index contributed by atoms with van der Waals surface area (Å²) in [4.78, 5) is 62.9. The summed E-state index contributed by atoms with van der Waals surface area (Å²) >= 11 is 0. The van der Waals surface area contributed by atoms with Crippen LogP contribution in [-0.2, 0) is 9.59 Å². The number of rotatable bonds is 4. The predicted molar refractivity (Wildman–Crippen MR) is 91.9 cm³/mol. The van der Waals surface area contributed by atoms with E-state index in [9.17, 15) is 29.3 Å². The lowest BCUT2D eigenvalue weighted by Crippen LogP contribution is -2.53. The Morgan fingerprint density at radius 2 is 1.61 bits per heavy atom. The lowest BCUT2D eigenvalue weighted by Gasteiger charge is -2.35. The molecule has 28 heavy (non-hydrogen) atoms. The number of piperazine rings is 1. The van der Waals surface area contributed by atoms with Crippen LogP contribution >= 0.6 is 0 Å². The third-order valence-electron chi connectivity index (χ3n) is 4.67. The summed E-state index contributed by atoms with van der Waals surface area (Å²) in [6, 6.07) is 5.15. The first kappa shape index (κ1) is 19.0. The third-order valence-corrected chi connectivity index (χ3v) is 4.67. The van der Waals surface area contributed by atoms with Gasteiger partial charge in [0.2, 0.25) is 11.8 Å². The van der Waals surface area contributed by atoms with Crippen molar-refractivity contribution in [3.8, 4) is 6.07 Å². The molecular formula is C17H15N5O6. The molecule has 2 aliphatic rings. The Kier molecular flexibility index (Phi) is 5.04. The zero-order chi connectivity index (χ0) is 20.4. The van der Waals surface area contributed by atoms with Crippen LogP contribution in [0, 0.1) is 21.4 Å². The second-order valence-electron chi connectivity index (χ2n) is 6.28. The number of imide groups is 1. The summed E-state index contributed by atoms with van der Waals surface area (Å²) in [5.41, 5.74) is -0.388. The minimum atomic E-state index is -0.750. The fourth-order valence-electron chi connectivity index (χ4n) is 3.16. The van der Waals surface area contributed by atoms with Gasteiger partial charge in [-0.15, -0.1) is 0 Å². The number of carbonyl (C=O) groups excluding carboxylic acids is 4. The van der Waals surface area contributed by atoms with Crippen LogP contribution in [0.2, 0.25) is 0 Å². The summed E-state index contributed by atoms with van der Waals surface area (Å²) in [7, 11) is 0. The number of non-ortho nitro benzene ring substituents is 1. The third kappa shape index (κ3) is 3.39. The SMILES string of the molecule is N#CCC(=O)N1CCN(C(=O)CN2C(=O)c3ccc([N+](=O)[O-])cc3C2=O)CC1. The first-order chi connectivity index (χ1) is 13.3. The molecule has 2 aliphatic heterocycles. The highest BCUT2D eigenvalue weighted by molar-refractivity contribution is 6.22. The van der Waals surface area contributed by atoms with Crippen LogP contribution in [0.3, 0.4) is 0 Å². The van der Waals surface area contributed by atoms with Crippen LogP contribution in [0.25, 0.3) is 0 Å². The van der Waals surface area contributed by atoms with E-state index in [1.54, 1.807) is 6.07 Å². The van der Waals surface area contributed by atoms with Gasteiger partial charge in [-0.3, -0.25) is 34.2 Å². The molecule has 1 saturated heterocycles. The summed E-state index contributed by atoms with van der Waals surface area (Å²) < 4.78 is 0. The minimum Gasteiger partial charge on any atom is -0.338 e. The molecule has 0 unspecified atom stereocenters. The maximum atomic E-state index is 12.5. The number of hydrogen-bond acceptors (Lipinski definition) is 7. The molecule has 0 bridgehead atoms. The van der Waals surface area contributed by atoms with E-state index in [4.69, 9.17) is 5.26 Å². The lowest BCUT2D eigenvalue weighted by molar-refractivity contribution is -0.384. The van der Waals surface area contributed by atoms with Gasteiger partial charge in [0.05, 0.1) is 22.1 Å². The van der Waals surface area contributed by atoms with Crippen molar-refractivity contribution >= 4 is 29.3 Å². The number of nitro groups is 1. The molecule has 0 aromatic heterocycles. The molecule has 1 aromatic carbocycles. The molecule has 0 N–H and O–H groups in total. The van der Waals surface area contributed by atoms with Gasteiger partial charge in [-0.25, -0.2) is 0 Å². The number of carbonyl (C=O) groups is 4. The number of nitro benzene ring substituents is 1. The van der Waals surface area contributed by atoms with Crippen molar-refractivity contribution in [3.05, 3.63) is 39.4 Å². The van der Waals surface area contributed by atoms with E-state index in [2.05, 4.69) is 0 Å². The van der Waals surface area contributed by atoms with E-state index >= 15 is 0 Å². The molecule has 1 fully saturated rings. The molecule has 1 aromatic rings. The summed E-state index contributed by atoms with van der Waals surface area (Å²) in [6.07, 6.45) is -0.227. The van der Waals surface area contributed by atoms with Crippen LogP contribution in [0.15, 0.2) is 18.2 Å². The Labute approximate surface area is 158 Å². The first-order valence-corrected chi connectivity index (χ1v) is 8.40. The van der Waals surface area contributed by atoms with Crippen LogP contribution in [0.4, 0.5) is 5.69 Å². The largest absolute Gasteiger partial charge is 0.338 e. The van der Waals surface area contributed by atoms with Crippen molar-refractivity contribution in [3.63, 3.8) is 0 Å². The number of nitrogens with zero attached hydrogens (tertiary/aromatic N) is 5. The van der Waals surface area contributed by atoms with Gasteiger partial charge in [0.25, 0.3) is 17.5 Å².